The smallest absolute Gasteiger partial charge is 0.237 e. The van der Waals surface area contributed by atoms with Crippen molar-refractivity contribution in [2.75, 3.05) is 16.8 Å². The molecule has 3 rings (SSSR count). The molecule has 0 bridgehead atoms. The van der Waals surface area contributed by atoms with Crippen molar-refractivity contribution in [3.8, 4) is 0 Å². The average Bonchev–Trinajstić information content (AvgIpc) is 3.01. The minimum atomic E-state index is -1.58. The Kier molecular flexibility index (Phi) is 6.29. The number of anilines is 1. The average molecular weight is 405 g/mol. The molecule has 2 amide bonds. The van der Waals surface area contributed by atoms with Gasteiger partial charge in [-0.05, 0) is 48.6 Å². The zero-order valence-electron chi connectivity index (χ0n) is 15.0. The minimum Gasteiger partial charge on any atom is -0.348 e. The SMILES string of the molecule is Cc1ccc(NC(=O)C[S@@](=O)CC(=O)N[C@@H]2CCc3ccccc32)cc1Cl. The van der Waals surface area contributed by atoms with E-state index in [1.54, 1.807) is 18.2 Å². The van der Waals surface area contributed by atoms with Crippen LogP contribution in [-0.2, 0) is 26.8 Å². The third-order valence-corrected chi connectivity index (χ3v) is 6.08. The highest BCUT2D eigenvalue weighted by Crippen LogP contribution is 2.30. The maximum atomic E-state index is 12.2. The van der Waals surface area contributed by atoms with Gasteiger partial charge in [0.1, 0.15) is 11.5 Å². The van der Waals surface area contributed by atoms with E-state index >= 15 is 0 Å². The van der Waals surface area contributed by atoms with Crippen molar-refractivity contribution in [1.82, 2.24) is 5.32 Å². The van der Waals surface area contributed by atoms with Gasteiger partial charge in [-0.15, -0.1) is 0 Å². The fourth-order valence-corrected chi connectivity index (χ4v) is 4.18. The number of rotatable bonds is 6. The first-order valence-electron chi connectivity index (χ1n) is 8.70. The number of benzene rings is 2. The predicted molar refractivity (Wildman–Crippen MR) is 108 cm³/mol. The Balaban J connectivity index is 1.48. The molecule has 0 aliphatic heterocycles. The molecule has 0 spiro atoms. The van der Waals surface area contributed by atoms with Crippen molar-refractivity contribution >= 4 is 39.9 Å². The fourth-order valence-electron chi connectivity index (χ4n) is 3.15. The number of carbonyl (C=O) groups is 2. The van der Waals surface area contributed by atoms with Gasteiger partial charge in [-0.3, -0.25) is 13.8 Å². The molecule has 0 radical (unpaired) electrons. The Labute approximate surface area is 166 Å². The van der Waals surface area contributed by atoms with E-state index in [9.17, 15) is 13.8 Å². The van der Waals surface area contributed by atoms with Gasteiger partial charge < -0.3 is 10.6 Å². The summed E-state index contributed by atoms with van der Waals surface area (Å²) in [6.45, 7) is 1.87. The van der Waals surface area contributed by atoms with E-state index in [-0.39, 0.29) is 23.5 Å². The van der Waals surface area contributed by atoms with Crippen LogP contribution < -0.4 is 10.6 Å². The van der Waals surface area contributed by atoms with Gasteiger partial charge in [0.2, 0.25) is 11.8 Å². The second kappa shape index (κ2) is 8.67. The Morgan fingerprint density at radius 3 is 2.67 bits per heavy atom. The van der Waals surface area contributed by atoms with Gasteiger partial charge in [-0.2, -0.15) is 0 Å². The Morgan fingerprint density at radius 2 is 1.89 bits per heavy atom. The van der Waals surface area contributed by atoms with Gasteiger partial charge >= 0.3 is 0 Å². The Bertz CT molecular complexity index is 901. The molecule has 27 heavy (non-hydrogen) atoms. The van der Waals surface area contributed by atoms with Crippen LogP contribution in [0.15, 0.2) is 42.5 Å². The number of amides is 2. The quantitative estimate of drug-likeness (QED) is 0.776. The van der Waals surface area contributed by atoms with Crippen LogP contribution in [0.3, 0.4) is 0 Å². The molecule has 0 fully saturated rings. The predicted octanol–water partition coefficient (Wildman–Crippen LogP) is 3.14. The summed E-state index contributed by atoms with van der Waals surface area (Å²) in [5.74, 6) is -1.14. The summed E-state index contributed by atoms with van der Waals surface area (Å²) in [6, 6.07) is 13.1. The molecule has 0 saturated heterocycles. The first-order valence-corrected chi connectivity index (χ1v) is 10.6. The number of hydrogen-bond acceptors (Lipinski definition) is 3. The molecular formula is C20H21ClN2O3S. The molecule has 2 aromatic carbocycles. The van der Waals surface area contributed by atoms with Crippen LogP contribution >= 0.6 is 11.6 Å². The van der Waals surface area contributed by atoms with Crippen molar-refractivity contribution < 1.29 is 13.8 Å². The van der Waals surface area contributed by atoms with E-state index in [0.29, 0.717) is 10.7 Å². The lowest BCUT2D eigenvalue weighted by Gasteiger charge is -2.14. The Hall–Kier alpha value is -2.18. The van der Waals surface area contributed by atoms with E-state index in [4.69, 9.17) is 11.6 Å². The highest BCUT2D eigenvalue weighted by atomic mass is 35.5. The Morgan fingerprint density at radius 1 is 1.15 bits per heavy atom. The summed E-state index contributed by atoms with van der Waals surface area (Å²) in [6.07, 6.45) is 1.76. The van der Waals surface area contributed by atoms with Crippen LogP contribution in [0.25, 0.3) is 0 Å². The normalized spacial score (nSPS) is 16.4. The van der Waals surface area contributed by atoms with Gasteiger partial charge in [-0.25, -0.2) is 0 Å². The van der Waals surface area contributed by atoms with Crippen LogP contribution in [0.5, 0.6) is 0 Å². The maximum absolute atomic E-state index is 12.2. The lowest BCUT2D eigenvalue weighted by molar-refractivity contribution is -0.119. The minimum absolute atomic E-state index is 0.0470. The molecule has 142 valence electrons. The lowest BCUT2D eigenvalue weighted by atomic mass is 10.1. The van der Waals surface area contributed by atoms with E-state index < -0.39 is 16.7 Å². The van der Waals surface area contributed by atoms with E-state index in [1.165, 1.54) is 5.56 Å². The first kappa shape index (κ1) is 19.6. The number of halogens is 1. The van der Waals surface area contributed by atoms with Crippen LogP contribution in [0, 0.1) is 6.92 Å². The summed E-state index contributed by atoms with van der Waals surface area (Å²) in [4.78, 5) is 24.2. The van der Waals surface area contributed by atoms with Crippen LogP contribution in [0.2, 0.25) is 5.02 Å². The molecular weight excluding hydrogens is 384 g/mol. The van der Waals surface area contributed by atoms with Crippen molar-refractivity contribution in [3.63, 3.8) is 0 Å². The number of fused-ring (bicyclic) bond motifs is 1. The summed E-state index contributed by atoms with van der Waals surface area (Å²) in [7, 11) is -1.58. The number of nitrogens with one attached hydrogen (secondary N) is 2. The molecule has 2 atom stereocenters. The molecule has 2 aromatic rings. The summed E-state index contributed by atoms with van der Waals surface area (Å²) in [5, 5.41) is 6.12. The highest BCUT2D eigenvalue weighted by molar-refractivity contribution is 7.86. The summed E-state index contributed by atoms with van der Waals surface area (Å²) >= 11 is 6.02. The zero-order chi connectivity index (χ0) is 19.4. The largest absolute Gasteiger partial charge is 0.348 e. The molecule has 7 heteroatoms. The molecule has 0 saturated carbocycles. The van der Waals surface area contributed by atoms with Crippen molar-refractivity contribution in [2.45, 2.75) is 25.8 Å². The number of aryl methyl sites for hydroxylation is 2. The van der Waals surface area contributed by atoms with Crippen molar-refractivity contribution in [1.29, 1.82) is 0 Å². The molecule has 0 aromatic heterocycles. The van der Waals surface area contributed by atoms with Crippen LogP contribution in [-0.4, -0.2) is 27.5 Å². The van der Waals surface area contributed by atoms with E-state index in [0.717, 1.165) is 24.0 Å². The van der Waals surface area contributed by atoms with E-state index in [1.807, 2.05) is 25.1 Å². The molecule has 5 nitrogen and oxygen atoms in total. The van der Waals surface area contributed by atoms with Crippen molar-refractivity contribution in [2.24, 2.45) is 0 Å². The van der Waals surface area contributed by atoms with Gasteiger partial charge in [0, 0.05) is 21.5 Å². The first-order chi connectivity index (χ1) is 12.9. The van der Waals surface area contributed by atoms with Crippen LogP contribution in [0.4, 0.5) is 5.69 Å². The lowest BCUT2D eigenvalue weighted by Crippen LogP contribution is -2.33. The molecule has 0 unspecified atom stereocenters. The summed E-state index contributed by atoms with van der Waals surface area (Å²) < 4.78 is 12.2. The highest BCUT2D eigenvalue weighted by Gasteiger charge is 2.24. The second-order valence-corrected chi connectivity index (χ2v) is 8.46. The molecule has 2 N–H and O–H groups in total. The molecule has 0 heterocycles. The number of hydrogen-bond donors (Lipinski definition) is 2. The van der Waals surface area contributed by atoms with Gasteiger partial charge in [-0.1, -0.05) is 41.9 Å². The van der Waals surface area contributed by atoms with Gasteiger partial charge in [0.15, 0.2) is 0 Å². The monoisotopic (exact) mass is 404 g/mol. The molecule has 1 aliphatic rings. The maximum Gasteiger partial charge on any atom is 0.237 e. The third kappa shape index (κ3) is 5.17. The summed E-state index contributed by atoms with van der Waals surface area (Å²) in [5.41, 5.74) is 3.80. The van der Waals surface area contributed by atoms with Crippen LogP contribution in [0.1, 0.15) is 29.2 Å². The fraction of sp³-hybridized carbons (Fsp3) is 0.300. The topological polar surface area (TPSA) is 75.3 Å². The van der Waals surface area contributed by atoms with Gasteiger partial charge in [0.05, 0.1) is 6.04 Å². The zero-order valence-corrected chi connectivity index (χ0v) is 16.5. The van der Waals surface area contributed by atoms with Gasteiger partial charge in [0.25, 0.3) is 0 Å². The van der Waals surface area contributed by atoms with Crippen molar-refractivity contribution in [3.05, 3.63) is 64.2 Å². The van der Waals surface area contributed by atoms with E-state index in [2.05, 4.69) is 16.7 Å². The molecule has 1 aliphatic carbocycles. The standard InChI is InChI=1S/C20H21ClN2O3S/c1-13-6-8-15(10-17(13)21)22-19(24)11-27(26)12-20(25)23-18-9-7-14-4-2-3-5-16(14)18/h2-6,8,10,18H,7,9,11-12H2,1H3,(H,22,24)(H,23,25)/t18-,27-/m1/s1. The number of carbonyl (C=O) groups excluding carboxylic acids is 2. The second-order valence-electron chi connectivity index (χ2n) is 6.60. The third-order valence-electron chi connectivity index (χ3n) is 4.51.